The van der Waals surface area contributed by atoms with Gasteiger partial charge in [-0.25, -0.2) is 0 Å². The molecular weight excluding hydrogens is 250 g/mol. The van der Waals surface area contributed by atoms with Gasteiger partial charge in [0.1, 0.15) is 0 Å². The molecule has 1 heterocycles. The highest BCUT2D eigenvalue weighted by molar-refractivity contribution is 5.01. The zero-order valence-corrected chi connectivity index (χ0v) is 12.8. The fourth-order valence-corrected chi connectivity index (χ4v) is 3.38. The molecule has 3 atom stereocenters. The maximum atomic E-state index is 5.50. The van der Waals surface area contributed by atoms with Gasteiger partial charge < -0.3 is 9.84 Å². The highest BCUT2D eigenvalue weighted by atomic mass is 16.5. The van der Waals surface area contributed by atoms with Crippen molar-refractivity contribution in [3.63, 3.8) is 0 Å². The van der Waals surface area contributed by atoms with Crippen LogP contribution < -0.4 is 5.32 Å². The lowest BCUT2D eigenvalue weighted by Gasteiger charge is -2.15. The Labute approximate surface area is 121 Å². The topological polar surface area (TPSA) is 51.0 Å². The number of hydrogen-bond acceptors (Lipinski definition) is 4. The van der Waals surface area contributed by atoms with E-state index >= 15 is 0 Å². The molecule has 0 spiro atoms. The minimum Gasteiger partial charge on any atom is -0.339 e. The average Bonchev–Trinajstić information content (AvgIpc) is 3.03. The summed E-state index contributed by atoms with van der Waals surface area (Å²) in [5, 5.41) is 7.87. The van der Waals surface area contributed by atoms with Crippen molar-refractivity contribution in [3.05, 3.63) is 11.7 Å². The van der Waals surface area contributed by atoms with E-state index in [1.165, 1.54) is 38.5 Å². The van der Waals surface area contributed by atoms with Crippen molar-refractivity contribution >= 4 is 0 Å². The molecule has 3 rings (SSSR count). The van der Waals surface area contributed by atoms with Crippen LogP contribution >= 0.6 is 0 Å². The van der Waals surface area contributed by atoms with Gasteiger partial charge in [0.05, 0.1) is 0 Å². The summed E-state index contributed by atoms with van der Waals surface area (Å²) < 4.78 is 5.50. The van der Waals surface area contributed by atoms with Gasteiger partial charge in [-0.15, -0.1) is 0 Å². The second-order valence-corrected chi connectivity index (χ2v) is 6.76. The lowest BCUT2D eigenvalue weighted by Crippen LogP contribution is -2.33. The monoisotopic (exact) mass is 277 g/mol. The van der Waals surface area contributed by atoms with Crippen molar-refractivity contribution in [1.29, 1.82) is 0 Å². The van der Waals surface area contributed by atoms with Gasteiger partial charge >= 0.3 is 0 Å². The van der Waals surface area contributed by atoms with Gasteiger partial charge in [-0.2, -0.15) is 4.98 Å². The summed E-state index contributed by atoms with van der Waals surface area (Å²) >= 11 is 0. The van der Waals surface area contributed by atoms with Crippen LogP contribution in [-0.2, 0) is 6.42 Å². The molecule has 4 nitrogen and oxygen atoms in total. The van der Waals surface area contributed by atoms with E-state index in [0.717, 1.165) is 36.5 Å². The molecule has 1 aromatic heterocycles. The van der Waals surface area contributed by atoms with Crippen molar-refractivity contribution in [1.82, 2.24) is 15.5 Å². The SMILES string of the molecule is CCCNC(Cc1nc(C2CCC(C)C2)no1)C1CC1. The van der Waals surface area contributed by atoms with E-state index in [9.17, 15) is 0 Å². The summed E-state index contributed by atoms with van der Waals surface area (Å²) in [4.78, 5) is 4.67. The van der Waals surface area contributed by atoms with Gasteiger partial charge in [0.2, 0.25) is 5.89 Å². The minimum atomic E-state index is 0.533. The largest absolute Gasteiger partial charge is 0.339 e. The number of rotatable bonds is 7. The number of aromatic nitrogens is 2. The molecule has 0 aliphatic heterocycles. The fourth-order valence-electron chi connectivity index (χ4n) is 3.38. The predicted octanol–water partition coefficient (Wildman–Crippen LogP) is 3.29. The second-order valence-electron chi connectivity index (χ2n) is 6.76. The molecule has 0 bridgehead atoms. The molecule has 0 radical (unpaired) electrons. The molecule has 1 N–H and O–H groups in total. The van der Waals surface area contributed by atoms with E-state index in [2.05, 4.69) is 29.3 Å². The van der Waals surface area contributed by atoms with Crippen LogP contribution in [-0.4, -0.2) is 22.7 Å². The zero-order chi connectivity index (χ0) is 13.9. The lowest BCUT2D eigenvalue weighted by molar-refractivity contribution is 0.341. The molecule has 2 aliphatic carbocycles. The van der Waals surface area contributed by atoms with Crippen LogP contribution in [0.15, 0.2) is 4.52 Å². The third-order valence-corrected chi connectivity index (χ3v) is 4.79. The lowest BCUT2D eigenvalue weighted by atomic mass is 10.1. The Bertz CT molecular complexity index is 427. The van der Waals surface area contributed by atoms with E-state index in [1.807, 2.05) is 0 Å². The fraction of sp³-hybridized carbons (Fsp3) is 0.875. The molecule has 1 aromatic rings. The van der Waals surface area contributed by atoms with Crippen LogP contribution in [0.2, 0.25) is 0 Å². The zero-order valence-electron chi connectivity index (χ0n) is 12.8. The summed E-state index contributed by atoms with van der Waals surface area (Å²) in [5.41, 5.74) is 0. The smallest absolute Gasteiger partial charge is 0.228 e. The first kappa shape index (κ1) is 14.1. The Morgan fingerprint density at radius 1 is 1.30 bits per heavy atom. The minimum absolute atomic E-state index is 0.533. The van der Waals surface area contributed by atoms with E-state index in [4.69, 9.17) is 4.52 Å². The molecule has 0 saturated heterocycles. The molecule has 0 aromatic carbocycles. The van der Waals surface area contributed by atoms with Crippen molar-refractivity contribution in [2.24, 2.45) is 11.8 Å². The summed E-state index contributed by atoms with van der Waals surface area (Å²) in [6.45, 7) is 5.62. The molecule has 2 fully saturated rings. The maximum absolute atomic E-state index is 5.50. The molecule has 0 amide bonds. The van der Waals surface area contributed by atoms with Crippen LogP contribution in [0.3, 0.4) is 0 Å². The Balaban J connectivity index is 1.58. The van der Waals surface area contributed by atoms with Crippen molar-refractivity contribution in [3.8, 4) is 0 Å². The van der Waals surface area contributed by atoms with Gasteiger partial charge in [-0.05, 0) is 56.9 Å². The molecule has 112 valence electrons. The first-order chi connectivity index (χ1) is 9.76. The Hall–Kier alpha value is -0.900. The van der Waals surface area contributed by atoms with E-state index in [-0.39, 0.29) is 0 Å². The summed E-state index contributed by atoms with van der Waals surface area (Å²) in [6.07, 6.45) is 8.53. The van der Waals surface area contributed by atoms with E-state index < -0.39 is 0 Å². The van der Waals surface area contributed by atoms with Crippen molar-refractivity contribution in [2.75, 3.05) is 6.54 Å². The van der Waals surface area contributed by atoms with Crippen LogP contribution in [0.4, 0.5) is 0 Å². The summed E-state index contributed by atoms with van der Waals surface area (Å²) in [7, 11) is 0. The first-order valence-electron chi connectivity index (χ1n) is 8.32. The van der Waals surface area contributed by atoms with E-state index in [1.54, 1.807) is 0 Å². The van der Waals surface area contributed by atoms with Crippen LogP contribution in [0, 0.1) is 11.8 Å². The highest BCUT2D eigenvalue weighted by Gasteiger charge is 2.33. The molecular formula is C16H27N3O. The van der Waals surface area contributed by atoms with Gasteiger partial charge in [-0.1, -0.05) is 19.0 Å². The normalized spacial score (nSPS) is 27.9. The van der Waals surface area contributed by atoms with Gasteiger partial charge in [0, 0.05) is 18.4 Å². The number of nitrogens with one attached hydrogen (secondary N) is 1. The standard InChI is InChI=1S/C16H27N3O/c1-3-8-17-14(12-6-7-12)10-15-18-16(19-20-15)13-5-4-11(2)9-13/h11-14,17H,3-10H2,1-2H3. The van der Waals surface area contributed by atoms with Gasteiger partial charge in [0.15, 0.2) is 5.82 Å². The van der Waals surface area contributed by atoms with Crippen LogP contribution in [0.5, 0.6) is 0 Å². The van der Waals surface area contributed by atoms with Gasteiger partial charge in [0.25, 0.3) is 0 Å². The van der Waals surface area contributed by atoms with E-state index in [0.29, 0.717) is 12.0 Å². The highest BCUT2D eigenvalue weighted by Crippen LogP contribution is 2.37. The summed E-state index contributed by atoms with van der Waals surface area (Å²) in [5.74, 6) is 3.95. The second kappa shape index (κ2) is 6.25. The Morgan fingerprint density at radius 3 is 2.80 bits per heavy atom. The molecule has 2 aliphatic rings. The van der Waals surface area contributed by atoms with Crippen LogP contribution in [0.1, 0.15) is 70.0 Å². The quantitative estimate of drug-likeness (QED) is 0.831. The number of nitrogens with zero attached hydrogens (tertiary/aromatic N) is 2. The molecule has 4 heteroatoms. The predicted molar refractivity (Wildman–Crippen MR) is 78.6 cm³/mol. The third-order valence-electron chi connectivity index (χ3n) is 4.79. The summed E-state index contributed by atoms with van der Waals surface area (Å²) in [6, 6.07) is 0.533. The average molecular weight is 277 g/mol. The Kier molecular flexibility index (Phi) is 4.39. The molecule has 2 saturated carbocycles. The van der Waals surface area contributed by atoms with Crippen molar-refractivity contribution < 1.29 is 4.52 Å². The maximum Gasteiger partial charge on any atom is 0.228 e. The third kappa shape index (κ3) is 3.40. The van der Waals surface area contributed by atoms with Crippen molar-refractivity contribution in [2.45, 2.75) is 70.8 Å². The first-order valence-corrected chi connectivity index (χ1v) is 8.32. The van der Waals surface area contributed by atoms with Crippen LogP contribution in [0.25, 0.3) is 0 Å². The molecule has 3 unspecified atom stereocenters. The van der Waals surface area contributed by atoms with Gasteiger partial charge in [-0.3, -0.25) is 0 Å². The number of hydrogen-bond donors (Lipinski definition) is 1. The molecule has 20 heavy (non-hydrogen) atoms. The Morgan fingerprint density at radius 2 is 2.15 bits per heavy atom.